The highest BCUT2D eigenvalue weighted by atomic mass is 32.2. The zero-order chi connectivity index (χ0) is 19.6. The number of hydrogen-bond donors (Lipinski definition) is 1. The molecule has 1 unspecified atom stereocenters. The summed E-state index contributed by atoms with van der Waals surface area (Å²) >= 11 is 0. The molecule has 1 heterocycles. The first-order valence-corrected chi connectivity index (χ1v) is 10.4. The molecule has 0 saturated carbocycles. The summed E-state index contributed by atoms with van der Waals surface area (Å²) in [6.07, 6.45) is 1.25. The van der Waals surface area contributed by atoms with Crippen LogP contribution in [-0.2, 0) is 14.8 Å². The first-order chi connectivity index (χ1) is 12.8. The molecular formula is C20H26N2O4S. The summed E-state index contributed by atoms with van der Waals surface area (Å²) in [5, 5.41) is 0. The van der Waals surface area contributed by atoms with Gasteiger partial charge in [0.1, 0.15) is 10.6 Å². The summed E-state index contributed by atoms with van der Waals surface area (Å²) in [6.45, 7) is 5.59. The van der Waals surface area contributed by atoms with Crippen LogP contribution < -0.4 is 14.4 Å². The number of nitrogens with one attached hydrogen (secondary N) is 1. The Kier molecular flexibility index (Phi) is 5.62. The van der Waals surface area contributed by atoms with Crippen LogP contribution in [0.4, 0.5) is 11.4 Å². The second-order valence-electron chi connectivity index (χ2n) is 6.83. The summed E-state index contributed by atoms with van der Waals surface area (Å²) in [5.74, 6) is 0.338. The molecule has 3 rings (SSSR count). The van der Waals surface area contributed by atoms with Crippen LogP contribution in [0.15, 0.2) is 41.3 Å². The molecule has 1 N–H and O–H groups in total. The van der Waals surface area contributed by atoms with Gasteiger partial charge in [-0.3, -0.25) is 4.72 Å². The van der Waals surface area contributed by atoms with Crippen LogP contribution >= 0.6 is 0 Å². The molecule has 2 aromatic carbocycles. The molecule has 0 spiro atoms. The molecule has 0 amide bonds. The molecule has 7 heteroatoms. The fraction of sp³-hybridized carbons (Fsp3) is 0.400. The molecule has 1 aliphatic heterocycles. The number of anilines is 2. The molecule has 1 fully saturated rings. The number of methoxy groups -OCH3 is 2. The van der Waals surface area contributed by atoms with Crippen molar-refractivity contribution in [3.05, 3.63) is 47.5 Å². The van der Waals surface area contributed by atoms with Crippen molar-refractivity contribution < 1.29 is 17.9 Å². The van der Waals surface area contributed by atoms with E-state index in [2.05, 4.69) is 9.62 Å². The average Bonchev–Trinajstić information content (AvgIpc) is 3.13. The fourth-order valence-corrected chi connectivity index (χ4v) is 4.53. The Morgan fingerprint density at radius 2 is 1.74 bits per heavy atom. The predicted molar refractivity (Wildman–Crippen MR) is 107 cm³/mol. The van der Waals surface area contributed by atoms with Gasteiger partial charge in [0.15, 0.2) is 0 Å². The van der Waals surface area contributed by atoms with Crippen molar-refractivity contribution in [2.24, 2.45) is 0 Å². The number of ether oxygens (including phenoxy) is 2. The Hall–Kier alpha value is -2.25. The van der Waals surface area contributed by atoms with Crippen molar-refractivity contribution in [3.8, 4) is 5.75 Å². The normalized spacial score (nSPS) is 17.2. The van der Waals surface area contributed by atoms with Gasteiger partial charge in [-0.05, 0) is 67.8 Å². The third-order valence-electron chi connectivity index (χ3n) is 5.03. The predicted octanol–water partition coefficient (Wildman–Crippen LogP) is 3.34. The van der Waals surface area contributed by atoms with E-state index in [1.54, 1.807) is 31.4 Å². The molecule has 1 saturated heterocycles. The molecule has 0 bridgehead atoms. The minimum Gasteiger partial charge on any atom is -0.495 e. The summed E-state index contributed by atoms with van der Waals surface area (Å²) in [4.78, 5) is 2.37. The fourth-order valence-electron chi connectivity index (χ4n) is 3.24. The minimum atomic E-state index is -3.75. The van der Waals surface area contributed by atoms with Crippen LogP contribution in [0.3, 0.4) is 0 Å². The second kappa shape index (κ2) is 7.78. The smallest absolute Gasteiger partial charge is 0.265 e. The van der Waals surface area contributed by atoms with Gasteiger partial charge in [0.25, 0.3) is 10.0 Å². The molecular weight excluding hydrogens is 364 g/mol. The van der Waals surface area contributed by atoms with Crippen molar-refractivity contribution in [2.45, 2.75) is 31.3 Å². The summed E-state index contributed by atoms with van der Waals surface area (Å²) in [6, 6.07) is 10.8. The Bertz CT molecular complexity index is 910. The summed E-state index contributed by atoms with van der Waals surface area (Å²) in [5.41, 5.74) is 3.45. The van der Waals surface area contributed by atoms with Gasteiger partial charge in [-0.1, -0.05) is 0 Å². The van der Waals surface area contributed by atoms with Crippen LogP contribution in [-0.4, -0.2) is 41.8 Å². The summed E-state index contributed by atoms with van der Waals surface area (Å²) in [7, 11) is -0.546. The lowest BCUT2D eigenvalue weighted by Crippen LogP contribution is -2.22. The topological polar surface area (TPSA) is 67.9 Å². The molecule has 0 aromatic heterocycles. The molecule has 1 aliphatic rings. The maximum absolute atomic E-state index is 12.8. The minimum absolute atomic E-state index is 0.139. The SMILES string of the molecule is COc1cc(C)c(C)cc1S(=O)(=O)Nc1ccc(N2CCC(OC)C2)cc1. The van der Waals surface area contributed by atoms with E-state index in [4.69, 9.17) is 9.47 Å². The van der Waals surface area contributed by atoms with Gasteiger partial charge < -0.3 is 14.4 Å². The number of hydrogen-bond acceptors (Lipinski definition) is 5. The lowest BCUT2D eigenvalue weighted by atomic mass is 10.1. The van der Waals surface area contributed by atoms with Crippen LogP contribution in [0.2, 0.25) is 0 Å². The highest BCUT2D eigenvalue weighted by Crippen LogP contribution is 2.30. The quantitative estimate of drug-likeness (QED) is 0.819. The van der Waals surface area contributed by atoms with Crippen LogP contribution in [0.1, 0.15) is 17.5 Å². The van der Waals surface area contributed by atoms with Crippen molar-refractivity contribution in [3.63, 3.8) is 0 Å². The Balaban J connectivity index is 1.80. The Morgan fingerprint density at radius 3 is 2.33 bits per heavy atom. The van der Waals surface area contributed by atoms with E-state index in [0.29, 0.717) is 11.4 Å². The summed E-state index contributed by atoms with van der Waals surface area (Å²) < 4.78 is 39.0. The van der Waals surface area contributed by atoms with Crippen LogP contribution in [0.5, 0.6) is 5.75 Å². The number of rotatable bonds is 6. The van der Waals surface area contributed by atoms with Gasteiger partial charge in [-0.15, -0.1) is 0 Å². The lowest BCUT2D eigenvalue weighted by molar-refractivity contribution is 0.121. The maximum Gasteiger partial charge on any atom is 0.265 e. The number of nitrogens with zero attached hydrogens (tertiary/aromatic N) is 1. The highest BCUT2D eigenvalue weighted by molar-refractivity contribution is 7.92. The van der Waals surface area contributed by atoms with E-state index in [9.17, 15) is 8.42 Å². The van der Waals surface area contributed by atoms with Gasteiger partial charge in [0.05, 0.1) is 13.2 Å². The van der Waals surface area contributed by atoms with Crippen molar-refractivity contribution in [2.75, 3.05) is 36.9 Å². The molecule has 0 radical (unpaired) electrons. The number of benzene rings is 2. The van der Waals surface area contributed by atoms with Crippen LogP contribution in [0.25, 0.3) is 0 Å². The Morgan fingerprint density at radius 1 is 1.07 bits per heavy atom. The van der Waals surface area contributed by atoms with Gasteiger partial charge in [0.2, 0.25) is 0 Å². The average molecular weight is 391 g/mol. The van der Waals surface area contributed by atoms with Crippen molar-refractivity contribution in [1.29, 1.82) is 0 Å². The van der Waals surface area contributed by atoms with E-state index in [1.165, 1.54) is 7.11 Å². The van der Waals surface area contributed by atoms with E-state index in [0.717, 1.165) is 36.3 Å². The standard InChI is InChI=1S/C20H26N2O4S/c1-14-11-19(26-4)20(12-15(14)2)27(23,24)21-16-5-7-17(8-6-16)22-10-9-18(13-22)25-3/h5-8,11-12,18,21H,9-10,13H2,1-4H3. The first kappa shape index (κ1) is 19.5. The molecule has 27 heavy (non-hydrogen) atoms. The van der Waals surface area contributed by atoms with Gasteiger partial charge in [-0.2, -0.15) is 0 Å². The molecule has 6 nitrogen and oxygen atoms in total. The largest absolute Gasteiger partial charge is 0.495 e. The Labute approximate surface area is 161 Å². The lowest BCUT2D eigenvalue weighted by Gasteiger charge is -2.19. The van der Waals surface area contributed by atoms with Crippen LogP contribution in [0, 0.1) is 13.8 Å². The zero-order valence-electron chi connectivity index (χ0n) is 16.2. The molecule has 2 aromatic rings. The molecule has 146 valence electrons. The van der Waals surface area contributed by atoms with Crippen molar-refractivity contribution in [1.82, 2.24) is 0 Å². The monoisotopic (exact) mass is 390 g/mol. The van der Waals surface area contributed by atoms with Crippen molar-refractivity contribution >= 4 is 21.4 Å². The van der Waals surface area contributed by atoms with Gasteiger partial charge >= 0.3 is 0 Å². The molecule has 1 atom stereocenters. The van der Waals surface area contributed by atoms with E-state index < -0.39 is 10.0 Å². The van der Waals surface area contributed by atoms with E-state index in [1.807, 2.05) is 26.0 Å². The number of sulfonamides is 1. The maximum atomic E-state index is 12.8. The van der Waals surface area contributed by atoms with Gasteiger partial charge in [0, 0.05) is 31.6 Å². The zero-order valence-corrected chi connectivity index (χ0v) is 17.0. The highest BCUT2D eigenvalue weighted by Gasteiger charge is 2.23. The molecule has 0 aliphatic carbocycles. The van der Waals surface area contributed by atoms with E-state index in [-0.39, 0.29) is 11.0 Å². The number of aryl methyl sites for hydroxylation is 2. The first-order valence-electron chi connectivity index (χ1n) is 8.90. The van der Waals surface area contributed by atoms with Gasteiger partial charge in [-0.25, -0.2) is 8.42 Å². The van der Waals surface area contributed by atoms with E-state index >= 15 is 0 Å². The second-order valence-corrected chi connectivity index (χ2v) is 8.48. The third-order valence-corrected chi connectivity index (χ3v) is 6.44. The third kappa shape index (κ3) is 4.20.